The zero-order chi connectivity index (χ0) is 25.4. The molecule has 1 aliphatic rings. The molecule has 0 aliphatic carbocycles. The third kappa shape index (κ3) is 4.53. The summed E-state index contributed by atoms with van der Waals surface area (Å²) in [7, 11) is 0. The number of para-hydroxylation sites is 1. The average molecular weight is 491 g/mol. The van der Waals surface area contributed by atoms with Crippen LogP contribution in [0.5, 0.6) is 0 Å². The topological polar surface area (TPSA) is 67.2 Å². The van der Waals surface area contributed by atoms with E-state index in [1.54, 1.807) is 0 Å². The van der Waals surface area contributed by atoms with Gasteiger partial charge >= 0.3 is 0 Å². The first-order valence-corrected chi connectivity index (χ1v) is 12.9. The first-order chi connectivity index (χ1) is 18.1. The number of nitrogens with zero attached hydrogens (tertiary/aromatic N) is 6. The number of benzene rings is 3. The number of hydrogen-bond acceptors (Lipinski definition) is 5. The van der Waals surface area contributed by atoms with E-state index in [2.05, 4.69) is 36.0 Å². The van der Waals surface area contributed by atoms with Crippen LogP contribution in [0.3, 0.4) is 0 Å². The average Bonchev–Trinajstić information content (AvgIpc) is 3.36. The zero-order valence-corrected chi connectivity index (χ0v) is 21.2. The van der Waals surface area contributed by atoms with Crippen molar-refractivity contribution < 1.29 is 4.79 Å². The van der Waals surface area contributed by atoms with Gasteiger partial charge in [-0.05, 0) is 41.0 Å². The number of amides is 1. The number of carbonyl (C=O) groups excluding carboxylic acids is 1. The fraction of sp³-hybridized carbons (Fsp3) is 0.267. The standard InChI is InChI=1S/C30H30N6O/c1-21(2)18-27-32-28(26-20-31-36(29(26)33-27)25-10-4-3-5-11-25)34-14-16-35(17-15-34)30(37)24-13-12-22-8-6-7-9-23(22)19-24/h3-13,19-21H,14-18H2,1-2H3. The Morgan fingerprint density at radius 2 is 1.59 bits per heavy atom. The third-order valence-electron chi connectivity index (χ3n) is 6.91. The van der Waals surface area contributed by atoms with Crippen LogP contribution in [0.25, 0.3) is 27.5 Å². The molecular weight excluding hydrogens is 460 g/mol. The van der Waals surface area contributed by atoms with E-state index in [1.165, 1.54) is 0 Å². The number of carbonyl (C=O) groups is 1. The van der Waals surface area contributed by atoms with Gasteiger partial charge in [0, 0.05) is 38.2 Å². The van der Waals surface area contributed by atoms with E-state index in [0.29, 0.717) is 32.1 Å². The Labute approximate surface area is 216 Å². The van der Waals surface area contributed by atoms with Crippen LogP contribution < -0.4 is 4.90 Å². The second kappa shape index (κ2) is 9.65. The fourth-order valence-corrected chi connectivity index (χ4v) is 5.02. The Kier molecular flexibility index (Phi) is 6.04. The Balaban J connectivity index is 1.27. The van der Waals surface area contributed by atoms with Crippen LogP contribution in [-0.2, 0) is 6.42 Å². The molecule has 1 aliphatic heterocycles. The van der Waals surface area contributed by atoms with Crippen LogP contribution in [-0.4, -0.2) is 56.7 Å². The molecule has 7 heteroatoms. The van der Waals surface area contributed by atoms with Gasteiger partial charge in [0.05, 0.1) is 17.3 Å². The molecule has 1 amide bonds. The number of fused-ring (bicyclic) bond motifs is 2. The lowest BCUT2D eigenvalue weighted by atomic mass is 10.1. The molecule has 0 bridgehead atoms. The number of rotatable bonds is 5. The minimum atomic E-state index is 0.0793. The van der Waals surface area contributed by atoms with E-state index in [0.717, 1.165) is 51.1 Å². The van der Waals surface area contributed by atoms with E-state index in [1.807, 2.05) is 76.4 Å². The van der Waals surface area contributed by atoms with E-state index < -0.39 is 0 Å². The number of piperazine rings is 1. The summed E-state index contributed by atoms with van der Waals surface area (Å²) in [4.78, 5) is 27.4. The molecule has 3 heterocycles. The van der Waals surface area contributed by atoms with Gasteiger partial charge in [0.25, 0.3) is 5.91 Å². The summed E-state index contributed by atoms with van der Waals surface area (Å²) in [5.41, 5.74) is 2.53. The maximum absolute atomic E-state index is 13.3. The first-order valence-electron chi connectivity index (χ1n) is 12.9. The van der Waals surface area contributed by atoms with Crippen molar-refractivity contribution >= 4 is 33.5 Å². The predicted molar refractivity (Wildman–Crippen MR) is 147 cm³/mol. The second-order valence-electron chi connectivity index (χ2n) is 10.0. The highest BCUT2D eigenvalue weighted by molar-refractivity contribution is 5.98. The molecule has 3 aromatic carbocycles. The molecule has 0 spiro atoms. The number of anilines is 1. The molecule has 0 radical (unpaired) electrons. The first kappa shape index (κ1) is 23.2. The minimum absolute atomic E-state index is 0.0793. The van der Waals surface area contributed by atoms with Crippen LogP contribution in [0.1, 0.15) is 30.0 Å². The zero-order valence-electron chi connectivity index (χ0n) is 21.2. The lowest BCUT2D eigenvalue weighted by Crippen LogP contribution is -2.49. The number of hydrogen-bond donors (Lipinski definition) is 0. The molecule has 1 fully saturated rings. The molecule has 7 nitrogen and oxygen atoms in total. The molecule has 0 saturated carbocycles. The summed E-state index contributed by atoms with van der Waals surface area (Å²) in [6.45, 7) is 7.07. The Hall–Kier alpha value is -4.26. The van der Waals surface area contributed by atoms with Gasteiger partial charge in [0.1, 0.15) is 11.6 Å². The summed E-state index contributed by atoms with van der Waals surface area (Å²) < 4.78 is 1.89. The molecule has 0 atom stereocenters. The minimum Gasteiger partial charge on any atom is -0.352 e. The van der Waals surface area contributed by atoms with Crippen molar-refractivity contribution in [3.8, 4) is 5.69 Å². The van der Waals surface area contributed by atoms with E-state index in [4.69, 9.17) is 9.97 Å². The Morgan fingerprint density at radius 1 is 0.865 bits per heavy atom. The van der Waals surface area contributed by atoms with Crippen molar-refractivity contribution in [1.29, 1.82) is 0 Å². The van der Waals surface area contributed by atoms with E-state index >= 15 is 0 Å². The van der Waals surface area contributed by atoms with Crippen LogP contribution in [0.2, 0.25) is 0 Å². The smallest absolute Gasteiger partial charge is 0.253 e. The van der Waals surface area contributed by atoms with Gasteiger partial charge in [0.2, 0.25) is 0 Å². The van der Waals surface area contributed by atoms with Crippen molar-refractivity contribution in [2.24, 2.45) is 5.92 Å². The SMILES string of the molecule is CC(C)Cc1nc(N2CCN(C(=O)c3ccc4ccccc4c3)CC2)c2cnn(-c3ccccc3)c2n1. The highest BCUT2D eigenvalue weighted by Crippen LogP contribution is 2.28. The predicted octanol–water partition coefficient (Wildman–Crippen LogP) is 5.13. The van der Waals surface area contributed by atoms with Crippen LogP contribution >= 0.6 is 0 Å². The maximum Gasteiger partial charge on any atom is 0.253 e. The number of aromatic nitrogens is 4. The molecule has 2 aromatic heterocycles. The van der Waals surface area contributed by atoms with E-state index in [9.17, 15) is 4.79 Å². The highest BCUT2D eigenvalue weighted by atomic mass is 16.2. The summed E-state index contributed by atoms with van der Waals surface area (Å²) in [5, 5.41) is 7.84. The van der Waals surface area contributed by atoms with Crippen molar-refractivity contribution in [2.45, 2.75) is 20.3 Å². The summed E-state index contributed by atoms with van der Waals surface area (Å²) in [5.74, 6) is 2.25. The van der Waals surface area contributed by atoms with Crippen LogP contribution in [0.15, 0.2) is 79.0 Å². The van der Waals surface area contributed by atoms with Gasteiger partial charge in [-0.1, -0.05) is 62.4 Å². The quantitative estimate of drug-likeness (QED) is 0.342. The van der Waals surface area contributed by atoms with Gasteiger partial charge in [-0.3, -0.25) is 4.79 Å². The highest BCUT2D eigenvalue weighted by Gasteiger charge is 2.26. The summed E-state index contributed by atoms with van der Waals surface area (Å²) >= 11 is 0. The lowest BCUT2D eigenvalue weighted by molar-refractivity contribution is 0.0746. The normalized spacial score (nSPS) is 14.1. The molecule has 0 N–H and O–H groups in total. The van der Waals surface area contributed by atoms with E-state index in [-0.39, 0.29) is 5.91 Å². The fourth-order valence-electron chi connectivity index (χ4n) is 5.02. The summed E-state index contributed by atoms with van der Waals surface area (Å²) in [6, 6.07) is 24.2. The third-order valence-corrected chi connectivity index (χ3v) is 6.91. The van der Waals surface area contributed by atoms with Crippen molar-refractivity contribution in [2.75, 3.05) is 31.1 Å². The van der Waals surface area contributed by atoms with Crippen LogP contribution in [0, 0.1) is 5.92 Å². The van der Waals surface area contributed by atoms with Gasteiger partial charge < -0.3 is 9.80 Å². The summed E-state index contributed by atoms with van der Waals surface area (Å²) in [6.07, 6.45) is 2.66. The molecule has 1 saturated heterocycles. The van der Waals surface area contributed by atoms with Crippen molar-refractivity contribution in [3.05, 3.63) is 90.4 Å². The van der Waals surface area contributed by atoms with Crippen molar-refractivity contribution in [3.63, 3.8) is 0 Å². The Morgan fingerprint density at radius 3 is 2.35 bits per heavy atom. The van der Waals surface area contributed by atoms with Gasteiger partial charge in [-0.25, -0.2) is 14.6 Å². The lowest BCUT2D eigenvalue weighted by Gasteiger charge is -2.35. The second-order valence-corrected chi connectivity index (χ2v) is 10.0. The van der Waals surface area contributed by atoms with Crippen LogP contribution in [0.4, 0.5) is 5.82 Å². The van der Waals surface area contributed by atoms with Gasteiger partial charge in [0.15, 0.2) is 5.65 Å². The molecule has 37 heavy (non-hydrogen) atoms. The van der Waals surface area contributed by atoms with Crippen molar-refractivity contribution in [1.82, 2.24) is 24.6 Å². The molecule has 5 aromatic rings. The molecular formula is C30H30N6O. The molecule has 0 unspecified atom stereocenters. The maximum atomic E-state index is 13.3. The largest absolute Gasteiger partial charge is 0.352 e. The monoisotopic (exact) mass is 490 g/mol. The molecule has 6 rings (SSSR count). The van der Waals surface area contributed by atoms with Gasteiger partial charge in [-0.2, -0.15) is 5.10 Å². The Bertz CT molecular complexity index is 1570. The van der Waals surface area contributed by atoms with Gasteiger partial charge in [-0.15, -0.1) is 0 Å². The molecule has 186 valence electrons.